The lowest BCUT2D eigenvalue weighted by atomic mass is 9.89. The van der Waals surface area contributed by atoms with Gasteiger partial charge in [-0.05, 0) is 30.4 Å². The van der Waals surface area contributed by atoms with Gasteiger partial charge in [0.15, 0.2) is 0 Å². The molecule has 19 heavy (non-hydrogen) atoms. The molecule has 0 amide bonds. The first kappa shape index (κ1) is 16.6. The maximum Gasteiger partial charge on any atom is 0.0857 e. The first-order valence-electron chi connectivity index (χ1n) is 7.42. The van der Waals surface area contributed by atoms with Gasteiger partial charge in [0, 0.05) is 11.5 Å². The van der Waals surface area contributed by atoms with Crippen molar-refractivity contribution in [2.75, 3.05) is 6.54 Å². The van der Waals surface area contributed by atoms with Gasteiger partial charge in [-0.2, -0.15) is 0 Å². The Balaban J connectivity index is 2.78. The van der Waals surface area contributed by atoms with Crippen molar-refractivity contribution >= 4 is 11.5 Å². The molecule has 1 N–H and O–H groups in total. The Morgan fingerprint density at radius 1 is 1.21 bits per heavy atom. The summed E-state index contributed by atoms with van der Waals surface area (Å²) in [6.45, 7) is 14.4. The fourth-order valence-electron chi connectivity index (χ4n) is 2.25. The molecule has 0 aliphatic heterocycles. The second-order valence-electron chi connectivity index (χ2n) is 6.67. The maximum atomic E-state index is 4.36. The van der Waals surface area contributed by atoms with Crippen molar-refractivity contribution in [2.24, 2.45) is 5.92 Å². The molecule has 1 aromatic heterocycles. The van der Waals surface area contributed by atoms with E-state index in [0.717, 1.165) is 18.2 Å². The van der Waals surface area contributed by atoms with Crippen molar-refractivity contribution < 1.29 is 0 Å². The maximum absolute atomic E-state index is 4.36. The van der Waals surface area contributed by atoms with E-state index in [4.69, 9.17) is 0 Å². The number of nitrogens with zero attached hydrogens (tertiary/aromatic N) is 2. The molecule has 0 saturated heterocycles. The van der Waals surface area contributed by atoms with E-state index < -0.39 is 0 Å². The lowest BCUT2D eigenvalue weighted by molar-refractivity contribution is 0.449. The first-order valence-corrected chi connectivity index (χ1v) is 8.19. The van der Waals surface area contributed by atoms with Crippen LogP contribution in [-0.4, -0.2) is 16.1 Å². The number of hydrogen-bond donors (Lipinski definition) is 1. The van der Waals surface area contributed by atoms with Gasteiger partial charge < -0.3 is 5.32 Å². The van der Waals surface area contributed by atoms with Gasteiger partial charge in [0.25, 0.3) is 0 Å². The molecular formula is C15H29N3S. The van der Waals surface area contributed by atoms with Crippen LogP contribution in [0.5, 0.6) is 0 Å². The molecule has 0 radical (unpaired) electrons. The molecule has 3 nitrogen and oxygen atoms in total. The monoisotopic (exact) mass is 283 g/mol. The molecule has 0 aliphatic carbocycles. The van der Waals surface area contributed by atoms with E-state index in [1.54, 1.807) is 11.5 Å². The quantitative estimate of drug-likeness (QED) is 0.810. The SMILES string of the molecule is CCNC(CCCC(C)C)c1snnc1C(C)(C)C. The standard InChI is InChI=1S/C15H29N3S/c1-7-16-12(10-8-9-11(2)3)13-14(15(4,5)6)17-18-19-13/h11-12,16H,7-10H2,1-6H3. The number of hydrogen-bond acceptors (Lipinski definition) is 4. The fraction of sp³-hybridized carbons (Fsp3) is 0.867. The average molecular weight is 283 g/mol. The third-order valence-electron chi connectivity index (χ3n) is 3.27. The lowest BCUT2D eigenvalue weighted by Crippen LogP contribution is -2.24. The zero-order valence-electron chi connectivity index (χ0n) is 13.3. The highest BCUT2D eigenvalue weighted by molar-refractivity contribution is 7.05. The third-order valence-corrected chi connectivity index (χ3v) is 4.10. The highest BCUT2D eigenvalue weighted by Gasteiger charge is 2.26. The zero-order chi connectivity index (χ0) is 14.5. The Morgan fingerprint density at radius 3 is 2.42 bits per heavy atom. The lowest BCUT2D eigenvalue weighted by Gasteiger charge is -2.22. The van der Waals surface area contributed by atoms with Crippen LogP contribution in [0.25, 0.3) is 0 Å². The predicted molar refractivity (Wildman–Crippen MR) is 83.7 cm³/mol. The molecule has 1 heterocycles. The largest absolute Gasteiger partial charge is 0.309 e. The zero-order valence-corrected chi connectivity index (χ0v) is 14.1. The molecular weight excluding hydrogens is 254 g/mol. The summed E-state index contributed by atoms with van der Waals surface area (Å²) in [5.41, 5.74) is 1.24. The van der Waals surface area contributed by atoms with Crippen LogP contribution in [0.2, 0.25) is 0 Å². The highest BCUT2D eigenvalue weighted by Crippen LogP contribution is 2.32. The molecule has 0 aromatic carbocycles. The molecule has 0 bridgehead atoms. The van der Waals surface area contributed by atoms with Gasteiger partial charge in [-0.15, -0.1) is 5.10 Å². The molecule has 1 atom stereocenters. The Labute approximate surface area is 122 Å². The smallest absolute Gasteiger partial charge is 0.0857 e. The summed E-state index contributed by atoms with van der Waals surface area (Å²) in [5.74, 6) is 0.781. The van der Waals surface area contributed by atoms with E-state index >= 15 is 0 Å². The van der Waals surface area contributed by atoms with Crippen LogP contribution in [0.4, 0.5) is 0 Å². The van der Waals surface area contributed by atoms with Gasteiger partial charge in [0.05, 0.1) is 10.6 Å². The van der Waals surface area contributed by atoms with Gasteiger partial charge in [-0.3, -0.25) is 0 Å². The van der Waals surface area contributed by atoms with E-state index in [1.807, 2.05) is 0 Å². The third kappa shape index (κ3) is 5.19. The molecule has 0 saturated carbocycles. The van der Waals surface area contributed by atoms with Gasteiger partial charge in [0.1, 0.15) is 0 Å². The summed E-state index contributed by atoms with van der Waals surface area (Å²) < 4.78 is 4.19. The van der Waals surface area contributed by atoms with Crippen LogP contribution in [0.15, 0.2) is 0 Å². The molecule has 0 spiro atoms. The van der Waals surface area contributed by atoms with Crippen molar-refractivity contribution in [1.29, 1.82) is 0 Å². The Morgan fingerprint density at radius 2 is 1.89 bits per heavy atom. The summed E-state index contributed by atoms with van der Waals surface area (Å²) >= 11 is 1.56. The van der Waals surface area contributed by atoms with E-state index in [9.17, 15) is 0 Å². The van der Waals surface area contributed by atoms with E-state index in [-0.39, 0.29) is 5.41 Å². The predicted octanol–water partition coefficient (Wildman–Crippen LogP) is 4.31. The summed E-state index contributed by atoms with van der Waals surface area (Å²) in [7, 11) is 0. The Hall–Kier alpha value is -0.480. The molecule has 1 unspecified atom stereocenters. The van der Waals surface area contributed by atoms with Crippen LogP contribution in [0.1, 0.15) is 77.4 Å². The number of aromatic nitrogens is 2. The van der Waals surface area contributed by atoms with Crippen molar-refractivity contribution in [3.63, 3.8) is 0 Å². The van der Waals surface area contributed by atoms with Crippen LogP contribution >= 0.6 is 11.5 Å². The number of nitrogens with one attached hydrogen (secondary N) is 1. The molecule has 110 valence electrons. The van der Waals surface area contributed by atoms with Crippen molar-refractivity contribution in [1.82, 2.24) is 14.9 Å². The van der Waals surface area contributed by atoms with Crippen molar-refractivity contribution in [3.05, 3.63) is 10.6 Å². The van der Waals surface area contributed by atoms with Gasteiger partial charge in [-0.1, -0.05) is 58.9 Å². The topological polar surface area (TPSA) is 37.8 Å². The summed E-state index contributed by atoms with van der Waals surface area (Å²) in [6, 6.07) is 0.415. The second kappa shape index (κ2) is 7.34. The Bertz CT molecular complexity index is 366. The highest BCUT2D eigenvalue weighted by atomic mass is 32.1. The average Bonchev–Trinajstić information content (AvgIpc) is 2.75. The van der Waals surface area contributed by atoms with Crippen LogP contribution in [0, 0.1) is 5.92 Å². The Kier molecular flexibility index (Phi) is 6.40. The first-order chi connectivity index (χ1) is 8.86. The minimum Gasteiger partial charge on any atom is -0.309 e. The van der Waals surface area contributed by atoms with Crippen LogP contribution in [0.3, 0.4) is 0 Å². The summed E-state index contributed by atoms with van der Waals surface area (Å²) in [4.78, 5) is 1.33. The second-order valence-corrected chi connectivity index (χ2v) is 7.46. The van der Waals surface area contributed by atoms with Crippen LogP contribution < -0.4 is 5.32 Å². The molecule has 1 aromatic rings. The summed E-state index contributed by atoms with van der Waals surface area (Å²) in [6.07, 6.45) is 3.73. The van der Waals surface area contributed by atoms with E-state index in [2.05, 4.69) is 56.4 Å². The van der Waals surface area contributed by atoms with E-state index in [0.29, 0.717) is 6.04 Å². The van der Waals surface area contributed by atoms with Gasteiger partial charge in [-0.25, -0.2) is 0 Å². The minimum atomic E-state index is 0.0774. The van der Waals surface area contributed by atoms with E-state index in [1.165, 1.54) is 24.1 Å². The minimum absolute atomic E-state index is 0.0774. The fourth-order valence-corrected chi connectivity index (χ4v) is 3.22. The normalized spacial score (nSPS) is 14.1. The van der Waals surface area contributed by atoms with Crippen molar-refractivity contribution in [3.8, 4) is 0 Å². The van der Waals surface area contributed by atoms with Crippen molar-refractivity contribution in [2.45, 2.75) is 72.3 Å². The van der Waals surface area contributed by atoms with Gasteiger partial charge in [0.2, 0.25) is 0 Å². The summed E-state index contributed by atoms with van der Waals surface area (Å²) in [5, 5.41) is 7.96. The van der Waals surface area contributed by atoms with Crippen LogP contribution in [-0.2, 0) is 5.41 Å². The van der Waals surface area contributed by atoms with Gasteiger partial charge >= 0.3 is 0 Å². The molecule has 4 heteroatoms. The molecule has 1 rings (SSSR count). The number of rotatable bonds is 7. The molecule has 0 fully saturated rings. The molecule has 0 aliphatic rings.